The number of nitrogens with zero attached hydrogens (tertiary/aromatic N) is 1. The highest BCUT2D eigenvalue weighted by Gasteiger charge is 2.03. The van der Waals surface area contributed by atoms with Crippen LogP contribution in [0.3, 0.4) is 0 Å². The largest absolute Gasteiger partial charge is 0.446 e. The average molecular weight is 232 g/mol. The SMILES string of the molecule is CCOCCCc1cnc(CCCCl)o1. The van der Waals surface area contributed by atoms with E-state index in [1.54, 1.807) is 6.20 Å². The van der Waals surface area contributed by atoms with Crippen LogP contribution in [0.25, 0.3) is 0 Å². The molecule has 0 radical (unpaired) electrons. The lowest BCUT2D eigenvalue weighted by Gasteiger charge is -1.98. The number of hydrogen-bond acceptors (Lipinski definition) is 3. The molecule has 1 heterocycles. The van der Waals surface area contributed by atoms with E-state index in [0.717, 1.165) is 50.5 Å². The van der Waals surface area contributed by atoms with Crippen LogP contribution in [0.1, 0.15) is 31.4 Å². The van der Waals surface area contributed by atoms with Crippen LogP contribution in [0.2, 0.25) is 0 Å². The van der Waals surface area contributed by atoms with Crippen molar-refractivity contribution in [2.75, 3.05) is 19.1 Å². The summed E-state index contributed by atoms with van der Waals surface area (Å²) in [6, 6.07) is 0. The zero-order valence-corrected chi connectivity index (χ0v) is 9.92. The van der Waals surface area contributed by atoms with E-state index in [-0.39, 0.29) is 0 Å². The van der Waals surface area contributed by atoms with Crippen LogP contribution in [0.15, 0.2) is 10.6 Å². The van der Waals surface area contributed by atoms with Crippen LogP contribution < -0.4 is 0 Å². The van der Waals surface area contributed by atoms with Crippen molar-refractivity contribution >= 4 is 11.6 Å². The third-order valence-electron chi connectivity index (χ3n) is 2.04. The van der Waals surface area contributed by atoms with E-state index in [9.17, 15) is 0 Å². The fourth-order valence-electron chi connectivity index (χ4n) is 1.29. The summed E-state index contributed by atoms with van der Waals surface area (Å²) in [5.41, 5.74) is 0. The Kier molecular flexibility index (Phi) is 6.44. The van der Waals surface area contributed by atoms with E-state index < -0.39 is 0 Å². The van der Waals surface area contributed by atoms with Gasteiger partial charge in [-0.25, -0.2) is 4.98 Å². The second-order valence-corrected chi connectivity index (χ2v) is 3.69. The molecule has 0 spiro atoms. The summed E-state index contributed by atoms with van der Waals surface area (Å²) in [5, 5.41) is 0. The van der Waals surface area contributed by atoms with Crippen molar-refractivity contribution in [2.45, 2.75) is 32.6 Å². The Morgan fingerprint density at radius 1 is 1.40 bits per heavy atom. The Balaban J connectivity index is 2.20. The Bertz CT molecular complexity index is 263. The smallest absolute Gasteiger partial charge is 0.194 e. The molecule has 86 valence electrons. The van der Waals surface area contributed by atoms with Crippen molar-refractivity contribution in [3.8, 4) is 0 Å². The second-order valence-electron chi connectivity index (χ2n) is 3.31. The molecule has 1 rings (SSSR count). The monoisotopic (exact) mass is 231 g/mol. The molecule has 0 bridgehead atoms. The molecule has 4 heteroatoms. The third-order valence-corrected chi connectivity index (χ3v) is 2.31. The first kappa shape index (κ1) is 12.5. The predicted octanol–water partition coefficient (Wildman–Crippen LogP) is 2.82. The number of hydrogen-bond donors (Lipinski definition) is 0. The minimum atomic E-state index is 0.655. The molecule has 15 heavy (non-hydrogen) atoms. The summed E-state index contributed by atoms with van der Waals surface area (Å²) in [6.45, 7) is 3.56. The van der Waals surface area contributed by atoms with E-state index in [1.807, 2.05) is 6.92 Å². The maximum Gasteiger partial charge on any atom is 0.194 e. The first-order valence-electron chi connectivity index (χ1n) is 5.44. The van der Waals surface area contributed by atoms with Gasteiger partial charge >= 0.3 is 0 Å². The number of ether oxygens (including phenoxy) is 1. The molecule has 0 N–H and O–H groups in total. The first-order chi connectivity index (χ1) is 7.36. The number of oxazole rings is 1. The van der Waals surface area contributed by atoms with Gasteiger partial charge in [-0.05, 0) is 19.8 Å². The van der Waals surface area contributed by atoms with Gasteiger partial charge in [0.25, 0.3) is 0 Å². The van der Waals surface area contributed by atoms with E-state index in [1.165, 1.54) is 0 Å². The zero-order chi connectivity index (χ0) is 10.9. The van der Waals surface area contributed by atoms with Crippen LogP contribution in [0.4, 0.5) is 0 Å². The fourth-order valence-corrected chi connectivity index (χ4v) is 1.42. The van der Waals surface area contributed by atoms with Crippen molar-refractivity contribution in [2.24, 2.45) is 0 Å². The van der Waals surface area contributed by atoms with E-state index in [4.69, 9.17) is 20.8 Å². The van der Waals surface area contributed by atoms with Crippen LogP contribution >= 0.6 is 11.6 Å². The highest BCUT2D eigenvalue weighted by Crippen LogP contribution is 2.08. The maximum atomic E-state index is 5.59. The quantitative estimate of drug-likeness (QED) is 0.510. The van der Waals surface area contributed by atoms with Gasteiger partial charge in [0.05, 0.1) is 6.20 Å². The van der Waals surface area contributed by atoms with Crippen LogP contribution in [-0.4, -0.2) is 24.1 Å². The van der Waals surface area contributed by atoms with E-state index in [2.05, 4.69) is 4.98 Å². The molecule has 0 fully saturated rings. The van der Waals surface area contributed by atoms with Crippen molar-refractivity contribution < 1.29 is 9.15 Å². The van der Waals surface area contributed by atoms with Crippen molar-refractivity contribution in [1.82, 2.24) is 4.98 Å². The van der Waals surface area contributed by atoms with Gasteiger partial charge in [0.15, 0.2) is 5.89 Å². The Labute approximate surface area is 95.8 Å². The second kappa shape index (κ2) is 7.71. The van der Waals surface area contributed by atoms with Crippen molar-refractivity contribution in [1.29, 1.82) is 0 Å². The Hall–Kier alpha value is -0.540. The minimum Gasteiger partial charge on any atom is -0.446 e. The molecule has 0 aliphatic carbocycles. The summed E-state index contributed by atoms with van der Waals surface area (Å²) in [6.07, 6.45) is 5.43. The molecule has 1 aromatic heterocycles. The van der Waals surface area contributed by atoms with Crippen LogP contribution in [0.5, 0.6) is 0 Å². The van der Waals surface area contributed by atoms with Gasteiger partial charge in [0.2, 0.25) is 0 Å². The molecular weight excluding hydrogens is 214 g/mol. The number of rotatable bonds is 8. The van der Waals surface area contributed by atoms with Gasteiger partial charge in [-0.3, -0.25) is 0 Å². The van der Waals surface area contributed by atoms with Crippen LogP contribution in [0, 0.1) is 0 Å². The molecule has 0 unspecified atom stereocenters. The maximum absolute atomic E-state index is 5.59. The van der Waals surface area contributed by atoms with Gasteiger partial charge in [0, 0.05) is 31.9 Å². The highest BCUT2D eigenvalue weighted by atomic mass is 35.5. The van der Waals surface area contributed by atoms with Gasteiger partial charge in [-0.1, -0.05) is 0 Å². The lowest BCUT2D eigenvalue weighted by Crippen LogP contribution is -1.94. The van der Waals surface area contributed by atoms with Gasteiger partial charge in [-0.15, -0.1) is 11.6 Å². The summed E-state index contributed by atoms with van der Waals surface area (Å²) < 4.78 is 10.8. The highest BCUT2D eigenvalue weighted by molar-refractivity contribution is 6.17. The first-order valence-corrected chi connectivity index (χ1v) is 5.97. The summed E-state index contributed by atoms with van der Waals surface area (Å²) in [4.78, 5) is 4.19. The van der Waals surface area contributed by atoms with Gasteiger partial charge in [0.1, 0.15) is 5.76 Å². The number of aromatic nitrogens is 1. The molecule has 0 saturated carbocycles. The molecule has 0 aromatic carbocycles. The molecule has 0 aliphatic heterocycles. The summed E-state index contributed by atoms with van der Waals surface area (Å²) >= 11 is 5.59. The number of aryl methyl sites for hydroxylation is 2. The van der Waals surface area contributed by atoms with E-state index >= 15 is 0 Å². The molecule has 1 aromatic rings. The number of alkyl halides is 1. The van der Waals surface area contributed by atoms with Crippen molar-refractivity contribution in [3.05, 3.63) is 17.8 Å². The average Bonchev–Trinajstić information content (AvgIpc) is 2.69. The van der Waals surface area contributed by atoms with Crippen LogP contribution in [-0.2, 0) is 17.6 Å². The van der Waals surface area contributed by atoms with E-state index in [0.29, 0.717) is 5.88 Å². The normalized spacial score (nSPS) is 10.8. The Morgan fingerprint density at radius 2 is 2.27 bits per heavy atom. The third kappa shape index (κ3) is 5.19. The molecule has 0 atom stereocenters. The minimum absolute atomic E-state index is 0.655. The molecule has 0 aliphatic rings. The predicted molar refractivity (Wildman–Crippen MR) is 60.4 cm³/mol. The molecular formula is C11H18ClNO2. The van der Waals surface area contributed by atoms with Gasteiger partial charge in [-0.2, -0.15) is 0 Å². The Morgan fingerprint density at radius 3 is 3.00 bits per heavy atom. The molecule has 3 nitrogen and oxygen atoms in total. The zero-order valence-electron chi connectivity index (χ0n) is 9.17. The lowest BCUT2D eigenvalue weighted by molar-refractivity contribution is 0.144. The molecule has 0 amide bonds. The van der Waals surface area contributed by atoms with Gasteiger partial charge < -0.3 is 9.15 Å². The molecule has 0 saturated heterocycles. The summed E-state index contributed by atoms with van der Waals surface area (Å²) in [7, 11) is 0. The summed E-state index contributed by atoms with van der Waals surface area (Å²) in [5.74, 6) is 2.39. The lowest BCUT2D eigenvalue weighted by atomic mass is 10.3. The standard InChI is InChI=1S/C11H18ClNO2/c1-2-14-8-4-5-10-9-13-11(15-10)6-3-7-12/h9H,2-8H2,1H3. The topological polar surface area (TPSA) is 35.3 Å². The fraction of sp³-hybridized carbons (Fsp3) is 0.727. The number of halogens is 1. The van der Waals surface area contributed by atoms with Crippen molar-refractivity contribution in [3.63, 3.8) is 0 Å².